The molecule has 6 heteroatoms. The van der Waals surface area contributed by atoms with Crippen molar-refractivity contribution >= 4 is 27.5 Å². The Bertz CT molecular complexity index is 490. The van der Waals surface area contributed by atoms with Gasteiger partial charge in [0.1, 0.15) is 11.6 Å². The van der Waals surface area contributed by atoms with Crippen LogP contribution in [0, 0.1) is 5.82 Å². The number of nitrogens with one attached hydrogen (secondary N) is 1. The summed E-state index contributed by atoms with van der Waals surface area (Å²) in [5.74, 6) is -0.481. The Morgan fingerprint density at radius 2 is 2.10 bits per heavy atom. The van der Waals surface area contributed by atoms with E-state index in [1.54, 1.807) is 0 Å². The van der Waals surface area contributed by atoms with E-state index in [0.29, 0.717) is 5.69 Å². The largest absolute Gasteiger partial charge is 0.482 e. The van der Waals surface area contributed by atoms with Crippen LogP contribution in [0.3, 0.4) is 0 Å². The molecule has 1 aromatic rings. The summed E-state index contributed by atoms with van der Waals surface area (Å²) >= 11 is 3.04. The highest BCUT2D eigenvalue weighted by molar-refractivity contribution is 9.10. The Morgan fingerprint density at radius 3 is 2.80 bits per heavy atom. The maximum Gasteiger partial charge on any atom is 0.258 e. The van der Waals surface area contributed by atoms with Crippen LogP contribution in [0.2, 0.25) is 0 Å². The average molecular weight is 345 g/mol. The summed E-state index contributed by atoms with van der Waals surface area (Å²) in [7, 11) is 0. The third-order valence-corrected chi connectivity index (χ3v) is 3.99. The summed E-state index contributed by atoms with van der Waals surface area (Å²) in [4.78, 5) is 11.8. The molecule has 3 N–H and O–H groups in total. The summed E-state index contributed by atoms with van der Waals surface area (Å²) in [6.07, 6.45) is 5.56. The molecule has 1 aliphatic rings. The molecule has 2 rings (SSSR count). The minimum atomic E-state index is -0.470. The average Bonchev–Trinajstić information content (AvgIpc) is 2.42. The number of carbonyl (C=O) groups excluding carboxylic acids is 1. The number of benzene rings is 1. The zero-order chi connectivity index (χ0) is 14.5. The Hall–Kier alpha value is -1.30. The summed E-state index contributed by atoms with van der Waals surface area (Å²) in [5.41, 5.74) is 6.00. The number of carbonyl (C=O) groups is 1. The lowest BCUT2D eigenvalue weighted by atomic mass is 9.95. The smallest absolute Gasteiger partial charge is 0.258 e. The molecule has 0 saturated heterocycles. The predicted octanol–water partition coefficient (Wildman–Crippen LogP) is 3.00. The number of anilines is 1. The molecule has 0 atom stereocenters. The predicted molar refractivity (Wildman–Crippen MR) is 79.0 cm³/mol. The van der Waals surface area contributed by atoms with Crippen LogP contribution < -0.4 is 15.8 Å². The maximum absolute atomic E-state index is 13.4. The van der Waals surface area contributed by atoms with E-state index in [1.807, 2.05) is 0 Å². The highest BCUT2D eigenvalue weighted by Gasteiger charge is 2.16. The van der Waals surface area contributed by atoms with Gasteiger partial charge in [-0.3, -0.25) is 4.79 Å². The number of nitrogen functional groups attached to an aromatic ring is 1. The number of ether oxygens (including phenoxy) is 1. The van der Waals surface area contributed by atoms with Crippen LogP contribution in [0.15, 0.2) is 16.6 Å². The zero-order valence-electron chi connectivity index (χ0n) is 11.1. The van der Waals surface area contributed by atoms with Gasteiger partial charge in [-0.1, -0.05) is 19.3 Å². The molecule has 0 heterocycles. The first kappa shape index (κ1) is 15.1. The minimum Gasteiger partial charge on any atom is -0.482 e. The van der Waals surface area contributed by atoms with Crippen molar-refractivity contribution in [3.8, 4) is 5.75 Å². The van der Waals surface area contributed by atoms with Gasteiger partial charge in [-0.2, -0.15) is 0 Å². The molecular weight excluding hydrogens is 327 g/mol. The summed E-state index contributed by atoms with van der Waals surface area (Å²) in [6.45, 7) is -0.151. The van der Waals surface area contributed by atoms with Crippen molar-refractivity contribution in [1.82, 2.24) is 5.32 Å². The van der Waals surface area contributed by atoms with Crippen LogP contribution in [0.1, 0.15) is 32.1 Å². The molecular formula is C14H18BrFN2O2. The molecule has 0 unspecified atom stereocenters. The zero-order valence-corrected chi connectivity index (χ0v) is 12.7. The fourth-order valence-electron chi connectivity index (χ4n) is 2.33. The van der Waals surface area contributed by atoms with Crippen molar-refractivity contribution in [1.29, 1.82) is 0 Å². The van der Waals surface area contributed by atoms with E-state index < -0.39 is 5.82 Å². The number of hydrogen-bond donors (Lipinski definition) is 2. The quantitative estimate of drug-likeness (QED) is 0.825. The van der Waals surface area contributed by atoms with E-state index in [1.165, 1.54) is 18.6 Å². The second kappa shape index (κ2) is 6.92. The lowest BCUT2D eigenvalue weighted by Crippen LogP contribution is -2.39. The van der Waals surface area contributed by atoms with Gasteiger partial charge >= 0.3 is 0 Å². The highest BCUT2D eigenvalue weighted by atomic mass is 79.9. The first-order valence-corrected chi connectivity index (χ1v) is 7.52. The van der Waals surface area contributed by atoms with Gasteiger partial charge in [0.15, 0.2) is 6.61 Å². The van der Waals surface area contributed by atoms with Gasteiger partial charge in [-0.25, -0.2) is 4.39 Å². The number of nitrogens with two attached hydrogens (primary N) is 1. The summed E-state index contributed by atoms with van der Waals surface area (Å²) in [5, 5.41) is 2.93. The molecule has 1 amide bonds. The maximum atomic E-state index is 13.4. The molecule has 1 saturated carbocycles. The molecule has 20 heavy (non-hydrogen) atoms. The lowest BCUT2D eigenvalue weighted by molar-refractivity contribution is -0.124. The summed E-state index contributed by atoms with van der Waals surface area (Å²) < 4.78 is 18.9. The number of rotatable bonds is 4. The van der Waals surface area contributed by atoms with E-state index >= 15 is 0 Å². The van der Waals surface area contributed by atoms with Crippen LogP contribution in [-0.2, 0) is 4.79 Å². The number of amides is 1. The Kier molecular flexibility index (Phi) is 5.23. The van der Waals surface area contributed by atoms with E-state index in [2.05, 4.69) is 21.2 Å². The Labute approximate surface area is 126 Å². The second-order valence-corrected chi connectivity index (χ2v) is 5.85. The summed E-state index contributed by atoms with van der Waals surface area (Å²) in [6, 6.07) is 2.83. The van der Waals surface area contributed by atoms with Gasteiger partial charge in [0.2, 0.25) is 0 Å². The third kappa shape index (κ3) is 4.10. The molecule has 0 aliphatic heterocycles. The van der Waals surface area contributed by atoms with Crippen LogP contribution in [0.5, 0.6) is 5.75 Å². The lowest BCUT2D eigenvalue weighted by Gasteiger charge is -2.22. The number of halogens is 2. The fourth-order valence-corrected chi connectivity index (χ4v) is 2.69. The van der Waals surface area contributed by atoms with Gasteiger partial charge in [0.25, 0.3) is 5.91 Å². The molecule has 0 spiro atoms. The SMILES string of the molecule is Nc1cc(Br)c(F)cc1OCC(=O)NC1CCCCC1. The van der Waals surface area contributed by atoms with E-state index in [-0.39, 0.29) is 28.8 Å². The van der Waals surface area contributed by atoms with Crippen molar-refractivity contribution in [3.05, 3.63) is 22.4 Å². The molecule has 0 radical (unpaired) electrons. The van der Waals surface area contributed by atoms with Crippen molar-refractivity contribution in [2.45, 2.75) is 38.1 Å². The van der Waals surface area contributed by atoms with Crippen molar-refractivity contribution in [3.63, 3.8) is 0 Å². The monoisotopic (exact) mass is 344 g/mol. The van der Waals surface area contributed by atoms with Crippen LogP contribution in [0.4, 0.5) is 10.1 Å². The van der Waals surface area contributed by atoms with Gasteiger partial charge in [-0.05, 0) is 34.8 Å². The second-order valence-electron chi connectivity index (χ2n) is 5.00. The van der Waals surface area contributed by atoms with E-state index in [0.717, 1.165) is 25.7 Å². The van der Waals surface area contributed by atoms with Crippen LogP contribution in [0.25, 0.3) is 0 Å². The minimum absolute atomic E-state index is 0.151. The molecule has 0 bridgehead atoms. The third-order valence-electron chi connectivity index (χ3n) is 3.38. The highest BCUT2D eigenvalue weighted by Crippen LogP contribution is 2.28. The topological polar surface area (TPSA) is 64.3 Å². The van der Waals surface area contributed by atoms with Crippen LogP contribution >= 0.6 is 15.9 Å². The molecule has 0 aromatic heterocycles. The van der Waals surface area contributed by atoms with Gasteiger partial charge in [0.05, 0.1) is 10.2 Å². The van der Waals surface area contributed by atoms with Crippen LogP contribution in [-0.4, -0.2) is 18.6 Å². The Morgan fingerprint density at radius 1 is 1.40 bits per heavy atom. The molecule has 1 aliphatic carbocycles. The van der Waals surface area contributed by atoms with E-state index in [9.17, 15) is 9.18 Å². The Balaban J connectivity index is 1.85. The number of hydrogen-bond acceptors (Lipinski definition) is 3. The van der Waals surface area contributed by atoms with Crippen molar-refractivity contribution < 1.29 is 13.9 Å². The van der Waals surface area contributed by atoms with Crippen molar-refractivity contribution in [2.24, 2.45) is 0 Å². The molecule has 4 nitrogen and oxygen atoms in total. The van der Waals surface area contributed by atoms with Crippen molar-refractivity contribution in [2.75, 3.05) is 12.3 Å². The van der Waals surface area contributed by atoms with Gasteiger partial charge < -0.3 is 15.8 Å². The molecule has 110 valence electrons. The first-order valence-electron chi connectivity index (χ1n) is 6.73. The normalized spacial score (nSPS) is 15.9. The molecule has 1 fully saturated rings. The standard InChI is InChI=1S/C14H18BrFN2O2/c15-10-6-12(17)13(7-11(10)16)20-8-14(19)18-9-4-2-1-3-5-9/h6-7,9H,1-5,8,17H2,(H,18,19). The first-order chi connectivity index (χ1) is 9.56. The fraction of sp³-hybridized carbons (Fsp3) is 0.500. The van der Waals surface area contributed by atoms with Gasteiger partial charge in [0, 0.05) is 12.1 Å². The van der Waals surface area contributed by atoms with Gasteiger partial charge in [-0.15, -0.1) is 0 Å². The van der Waals surface area contributed by atoms with E-state index in [4.69, 9.17) is 10.5 Å². The molecule has 1 aromatic carbocycles.